The van der Waals surface area contributed by atoms with Crippen molar-refractivity contribution in [3.63, 3.8) is 0 Å². The van der Waals surface area contributed by atoms with Gasteiger partial charge in [-0.2, -0.15) is 5.26 Å². The van der Waals surface area contributed by atoms with Crippen LogP contribution in [0.25, 0.3) is 0 Å². The number of rotatable bonds is 1. The maximum absolute atomic E-state index is 12.3. The number of piperidine rings is 1. The van der Waals surface area contributed by atoms with Crippen LogP contribution in [0.2, 0.25) is 0 Å². The number of fused-ring (bicyclic) bond motifs is 1. The molecule has 3 nitrogen and oxygen atoms in total. The van der Waals surface area contributed by atoms with Gasteiger partial charge in [0, 0.05) is 17.4 Å². The quantitative estimate of drug-likeness (QED) is 0.752. The van der Waals surface area contributed by atoms with Crippen molar-refractivity contribution in [1.29, 1.82) is 5.26 Å². The van der Waals surface area contributed by atoms with Crippen LogP contribution >= 0.6 is 0 Å². The summed E-state index contributed by atoms with van der Waals surface area (Å²) in [6.45, 7) is 8.01. The number of nitrogens with zero attached hydrogens (tertiary/aromatic N) is 1. The second-order valence-electron chi connectivity index (χ2n) is 5.83. The van der Waals surface area contributed by atoms with E-state index in [-0.39, 0.29) is 11.2 Å². The zero-order valence-corrected chi connectivity index (χ0v) is 10.8. The minimum absolute atomic E-state index is 0.0132. The molecule has 1 heterocycles. The summed E-state index contributed by atoms with van der Waals surface area (Å²) < 4.78 is 0. The van der Waals surface area contributed by atoms with Crippen LogP contribution in [0.15, 0.2) is 11.6 Å². The number of hydrogen-bond donors (Lipinski definition) is 1. The third-order valence-electron chi connectivity index (χ3n) is 4.67. The number of carbonyl (C=O) groups excluding carboxylic acids is 1. The van der Waals surface area contributed by atoms with Crippen molar-refractivity contribution in [2.24, 2.45) is 16.7 Å². The van der Waals surface area contributed by atoms with Gasteiger partial charge in [0.05, 0.1) is 5.57 Å². The second-order valence-corrected chi connectivity index (χ2v) is 5.83. The van der Waals surface area contributed by atoms with Crippen molar-refractivity contribution in [2.45, 2.75) is 33.6 Å². The zero-order chi connectivity index (χ0) is 12.7. The lowest BCUT2D eigenvalue weighted by atomic mass is 9.53. The van der Waals surface area contributed by atoms with Crippen LogP contribution in [-0.2, 0) is 4.79 Å². The SMILES string of the molecule is CC[C@]12C=C(C#N)C(=O)C(C)(C)[C@@H]1CCNC2. The molecule has 0 amide bonds. The number of allylic oxidation sites excluding steroid dienone is 1. The summed E-state index contributed by atoms with van der Waals surface area (Å²) in [4.78, 5) is 12.3. The third-order valence-corrected chi connectivity index (χ3v) is 4.67. The lowest BCUT2D eigenvalue weighted by molar-refractivity contribution is -0.131. The van der Waals surface area contributed by atoms with E-state index < -0.39 is 5.41 Å². The molecule has 1 fully saturated rings. The number of carbonyl (C=O) groups is 1. The fraction of sp³-hybridized carbons (Fsp3) is 0.714. The van der Waals surface area contributed by atoms with Gasteiger partial charge >= 0.3 is 0 Å². The molecular weight excluding hydrogens is 212 g/mol. The predicted octanol–water partition coefficient (Wildman–Crippen LogP) is 2.05. The molecule has 2 rings (SSSR count). The van der Waals surface area contributed by atoms with E-state index in [4.69, 9.17) is 5.26 Å². The first-order valence-corrected chi connectivity index (χ1v) is 6.36. The highest BCUT2D eigenvalue weighted by Crippen LogP contribution is 2.52. The molecule has 17 heavy (non-hydrogen) atoms. The Morgan fingerprint density at radius 1 is 1.59 bits per heavy atom. The van der Waals surface area contributed by atoms with Crippen LogP contribution in [0.1, 0.15) is 33.6 Å². The standard InChI is InChI=1S/C14H20N2O/c1-4-14-7-10(8-15)12(17)13(2,3)11(14)5-6-16-9-14/h7,11,16H,4-6,9H2,1-3H3/t11-,14+/m0/s1. The van der Waals surface area contributed by atoms with Gasteiger partial charge in [-0.15, -0.1) is 0 Å². The molecule has 2 aliphatic rings. The number of ketones is 1. The lowest BCUT2D eigenvalue weighted by Gasteiger charge is -2.51. The van der Waals surface area contributed by atoms with E-state index in [1.807, 2.05) is 19.9 Å². The van der Waals surface area contributed by atoms with Crippen molar-refractivity contribution in [3.8, 4) is 6.07 Å². The van der Waals surface area contributed by atoms with E-state index in [1.165, 1.54) is 0 Å². The molecule has 1 aliphatic carbocycles. The van der Waals surface area contributed by atoms with Crippen molar-refractivity contribution in [3.05, 3.63) is 11.6 Å². The summed E-state index contributed by atoms with van der Waals surface area (Å²) in [6, 6.07) is 2.09. The van der Waals surface area contributed by atoms with E-state index >= 15 is 0 Å². The molecule has 0 aromatic rings. The average Bonchev–Trinajstić information content (AvgIpc) is 2.34. The Balaban J connectivity index is 2.56. The van der Waals surface area contributed by atoms with Gasteiger partial charge in [-0.05, 0) is 25.3 Å². The van der Waals surface area contributed by atoms with Gasteiger partial charge in [0.15, 0.2) is 5.78 Å². The summed E-state index contributed by atoms with van der Waals surface area (Å²) in [7, 11) is 0. The number of nitriles is 1. The minimum Gasteiger partial charge on any atom is -0.316 e. The molecule has 1 aliphatic heterocycles. The molecular formula is C14H20N2O. The average molecular weight is 232 g/mol. The molecule has 0 saturated carbocycles. The Morgan fingerprint density at radius 2 is 2.29 bits per heavy atom. The highest BCUT2D eigenvalue weighted by molar-refractivity contribution is 6.04. The van der Waals surface area contributed by atoms with Crippen LogP contribution in [0.3, 0.4) is 0 Å². The summed E-state index contributed by atoms with van der Waals surface area (Å²) in [5, 5.41) is 12.5. The fourth-order valence-corrected chi connectivity index (χ4v) is 3.62. The van der Waals surface area contributed by atoms with Crippen molar-refractivity contribution >= 4 is 5.78 Å². The van der Waals surface area contributed by atoms with Crippen LogP contribution in [-0.4, -0.2) is 18.9 Å². The van der Waals surface area contributed by atoms with E-state index in [9.17, 15) is 4.79 Å². The first-order chi connectivity index (χ1) is 7.98. The molecule has 0 radical (unpaired) electrons. The third kappa shape index (κ3) is 1.63. The molecule has 0 bridgehead atoms. The zero-order valence-electron chi connectivity index (χ0n) is 10.8. The van der Waals surface area contributed by atoms with Crippen molar-refractivity contribution in [1.82, 2.24) is 5.32 Å². The Labute approximate surface area is 103 Å². The van der Waals surface area contributed by atoms with Gasteiger partial charge in [-0.25, -0.2) is 0 Å². The molecule has 1 N–H and O–H groups in total. The summed E-state index contributed by atoms with van der Waals surface area (Å²) in [5.41, 5.74) is -0.0599. The summed E-state index contributed by atoms with van der Waals surface area (Å²) >= 11 is 0. The normalized spacial score (nSPS) is 35.8. The van der Waals surface area contributed by atoms with E-state index in [1.54, 1.807) is 0 Å². The molecule has 0 aromatic carbocycles. The largest absolute Gasteiger partial charge is 0.316 e. The van der Waals surface area contributed by atoms with Gasteiger partial charge in [0.1, 0.15) is 6.07 Å². The molecule has 0 aromatic heterocycles. The highest BCUT2D eigenvalue weighted by atomic mass is 16.1. The first kappa shape index (κ1) is 12.3. The molecule has 1 saturated heterocycles. The molecule has 2 atom stereocenters. The van der Waals surface area contributed by atoms with Gasteiger partial charge < -0.3 is 5.32 Å². The van der Waals surface area contributed by atoms with Crippen LogP contribution in [0.4, 0.5) is 0 Å². The van der Waals surface area contributed by atoms with Crippen molar-refractivity contribution in [2.75, 3.05) is 13.1 Å². The Bertz CT molecular complexity index is 416. The van der Waals surface area contributed by atoms with Gasteiger partial charge in [-0.1, -0.05) is 26.8 Å². The van der Waals surface area contributed by atoms with E-state index in [2.05, 4.69) is 18.3 Å². The molecule has 92 valence electrons. The Morgan fingerprint density at radius 3 is 2.88 bits per heavy atom. The monoisotopic (exact) mass is 232 g/mol. The topological polar surface area (TPSA) is 52.9 Å². The second kappa shape index (κ2) is 3.96. The Hall–Kier alpha value is -1.14. The number of hydrogen-bond acceptors (Lipinski definition) is 3. The Kier molecular flexibility index (Phi) is 2.87. The van der Waals surface area contributed by atoms with Crippen molar-refractivity contribution < 1.29 is 4.79 Å². The maximum Gasteiger partial charge on any atom is 0.178 e. The predicted molar refractivity (Wildman–Crippen MR) is 66.2 cm³/mol. The number of Topliss-reactive ketones (excluding diaryl/α,β-unsaturated/α-hetero) is 1. The lowest BCUT2D eigenvalue weighted by Crippen LogP contribution is -2.55. The van der Waals surface area contributed by atoms with Crippen LogP contribution < -0.4 is 5.32 Å². The molecule has 0 spiro atoms. The summed E-state index contributed by atoms with van der Waals surface area (Å²) in [6.07, 6.45) is 3.94. The van der Waals surface area contributed by atoms with Crippen LogP contribution in [0, 0.1) is 28.1 Å². The van der Waals surface area contributed by atoms with E-state index in [0.29, 0.717) is 11.5 Å². The fourth-order valence-electron chi connectivity index (χ4n) is 3.62. The van der Waals surface area contributed by atoms with Gasteiger partial charge in [0.25, 0.3) is 0 Å². The highest BCUT2D eigenvalue weighted by Gasteiger charge is 2.53. The molecule has 0 unspecified atom stereocenters. The smallest absolute Gasteiger partial charge is 0.178 e. The number of nitrogens with one attached hydrogen (secondary N) is 1. The maximum atomic E-state index is 12.3. The van der Waals surface area contributed by atoms with Crippen LogP contribution in [0.5, 0.6) is 0 Å². The summed E-state index contributed by atoms with van der Waals surface area (Å²) in [5.74, 6) is 0.377. The first-order valence-electron chi connectivity index (χ1n) is 6.36. The van der Waals surface area contributed by atoms with Gasteiger partial charge in [0.2, 0.25) is 0 Å². The molecule has 3 heteroatoms. The van der Waals surface area contributed by atoms with Gasteiger partial charge in [-0.3, -0.25) is 4.79 Å². The van der Waals surface area contributed by atoms with E-state index in [0.717, 1.165) is 25.9 Å². The minimum atomic E-state index is -0.405.